The van der Waals surface area contributed by atoms with Crippen molar-refractivity contribution >= 4 is 38.7 Å². The standard InChI is InChI=1S/C24H17N3O6S/c28-24(21-12-6-9-18-8-1-2-11-20(18)21)26-25-16-17-7-5-10-19(15-17)33-34(31,32)23-14-4-3-13-22(23)27(29)30/h1-16H,(H,26,28)/b25-16-. The summed E-state index contributed by atoms with van der Waals surface area (Å²) in [6, 6.07) is 23.7. The average Bonchev–Trinajstić information content (AvgIpc) is 2.83. The Kier molecular flexibility index (Phi) is 6.33. The van der Waals surface area contributed by atoms with Crippen LogP contribution in [0.5, 0.6) is 5.75 Å². The lowest BCUT2D eigenvalue weighted by molar-refractivity contribution is -0.387. The SMILES string of the molecule is O=C(N/N=C\c1cccc(OS(=O)(=O)c2ccccc2[N+](=O)[O-])c1)c1cccc2ccccc12. The second-order valence-corrected chi connectivity index (χ2v) is 8.58. The lowest BCUT2D eigenvalue weighted by Crippen LogP contribution is -2.17. The molecule has 4 aromatic rings. The highest BCUT2D eigenvalue weighted by atomic mass is 32.2. The summed E-state index contributed by atoms with van der Waals surface area (Å²) in [7, 11) is -4.45. The molecule has 0 unspecified atom stereocenters. The number of carbonyl (C=O) groups is 1. The number of para-hydroxylation sites is 1. The topological polar surface area (TPSA) is 128 Å². The number of amides is 1. The summed E-state index contributed by atoms with van der Waals surface area (Å²) in [5, 5.41) is 16.8. The van der Waals surface area contributed by atoms with E-state index in [9.17, 15) is 23.3 Å². The van der Waals surface area contributed by atoms with Gasteiger partial charge in [0.15, 0.2) is 4.90 Å². The van der Waals surface area contributed by atoms with Gasteiger partial charge < -0.3 is 4.18 Å². The molecule has 10 heteroatoms. The molecule has 0 spiro atoms. The molecule has 0 atom stereocenters. The normalized spacial score (nSPS) is 11.4. The molecule has 170 valence electrons. The number of hydrogen-bond donors (Lipinski definition) is 1. The molecule has 0 aliphatic carbocycles. The van der Waals surface area contributed by atoms with Crippen LogP contribution in [0.3, 0.4) is 0 Å². The zero-order chi connectivity index (χ0) is 24.1. The summed E-state index contributed by atoms with van der Waals surface area (Å²) in [6.07, 6.45) is 1.33. The molecule has 1 amide bonds. The van der Waals surface area contributed by atoms with Crippen molar-refractivity contribution in [3.63, 3.8) is 0 Å². The Bertz CT molecular complexity index is 1530. The second-order valence-electron chi connectivity index (χ2n) is 7.06. The van der Waals surface area contributed by atoms with Crippen molar-refractivity contribution in [1.29, 1.82) is 0 Å². The minimum absolute atomic E-state index is 0.0671. The van der Waals surface area contributed by atoms with Gasteiger partial charge in [-0.05, 0) is 40.6 Å². The van der Waals surface area contributed by atoms with E-state index in [1.807, 2.05) is 30.3 Å². The van der Waals surface area contributed by atoms with Crippen LogP contribution in [0.4, 0.5) is 5.69 Å². The Balaban J connectivity index is 1.50. The number of rotatable bonds is 7. The first kappa shape index (κ1) is 22.6. The van der Waals surface area contributed by atoms with E-state index in [0.717, 1.165) is 22.9 Å². The molecule has 0 saturated carbocycles. The predicted molar refractivity (Wildman–Crippen MR) is 126 cm³/mol. The quantitative estimate of drug-likeness (QED) is 0.184. The Morgan fingerprint density at radius 3 is 2.47 bits per heavy atom. The molecule has 0 radical (unpaired) electrons. The predicted octanol–water partition coefficient (Wildman–Crippen LogP) is 4.28. The van der Waals surface area contributed by atoms with E-state index >= 15 is 0 Å². The number of benzene rings is 4. The second kappa shape index (κ2) is 9.51. The molecule has 4 aromatic carbocycles. The van der Waals surface area contributed by atoms with Crippen LogP contribution < -0.4 is 9.61 Å². The number of nitrogens with one attached hydrogen (secondary N) is 1. The van der Waals surface area contributed by atoms with Gasteiger partial charge in [0.05, 0.1) is 11.1 Å². The fourth-order valence-corrected chi connectivity index (χ4v) is 4.38. The van der Waals surface area contributed by atoms with E-state index < -0.39 is 31.5 Å². The van der Waals surface area contributed by atoms with Gasteiger partial charge in [-0.15, -0.1) is 0 Å². The Labute approximate surface area is 194 Å². The van der Waals surface area contributed by atoms with Crippen LogP contribution >= 0.6 is 0 Å². The van der Waals surface area contributed by atoms with Crippen LogP contribution in [-0.4, -0.2) is 25.5 Å². The molecule has 0 saturated heterocycles. The Morgan fingerprint density at radius 1 is 0.941 bits per heavy atom. The lowest BCUT2D eigenvalue weighted by atomic mass is 10.0. The van der Waals surface area contributed by atoms with E-state index in [0.29, 0.717) is 11.1 Å². The van der Waals surface area contributed by atoms with Crippen molar-refractivity contribution < 1.29 is 22.3 Å². The third kappa shape index (κ3) is 4.92. The van der Waals surface area contributed by atoms with Gasteiger partial charge in [0, 0.05) is 11.6 Å². The van der Waals surface area contributed by atoms with Crippen molar-refractivity contribution in [3.8, 4) is 5.75 Å². The largest absolute Gasteiger partial charge is 0.379 e. The first-order valence-electron chi connectivity index (χ1n) is 9.94. The summed E-state index contributed by atoms with van der Waals surface area (Å²) in [5.41, 5.74) is 2.76. The average molecular weight is 475 g/mol. The fourth-order valence-electron chi connectivity index (χ4n) is 3.29. The monoisotopic (exact) mass is 475 g/mol. The zero-order valence-electron chi connectivity index (χ0n) is 17.5. The van der Waals surface area contributed by atoms with Crippen molar-refractivity contribution in [1.82, 2.24) is 5.43 Å². The lowest BCUT2D eigenvalue weighted by Gasteiger charge is -2.08. The van der Waals surface area contributed by atoms with Crippen LogP contribution in [0, 0.1) is 10.1 Å². The summed E-state index contributed by atoms with van der Waals surface area (Å²) < 4.78 is 30.3. The molecule has 34 heavy (non-hydrogen) atoms. The minimum Gasteiger partial charge on any atom is -0.379 e. The maximum Gasteiger partial charge on any atom is 0.346 e. The number of carbonyl (C=O) groups excluding carboxylic acids is 1. The van der Waals surface area contributed by atoms with Crippen molar-refractivity contribution in [2.75, 3.05) is 0 Å². The number of nitrogens with zero attached hydrogens (tertiary/aromatic N) is 2. The molecule has 0 heterocycles. The number of nitro benzene ring substituents is 1. The third-order valence-electron chi connectivity index (χ3n) is 4.81. The molecule has 0 aromatic heterocycles. The molecule has 1 N–H and O–H groups in total. The number of nitro groups is 1. The molecule has 0 aliphatic rings. The number of hydrogen-bond acceptors (Lipinski definition) is 7. The van der Waals surface area contributed by atoms with Crippen molar-refractivity contribution in [2.45, 2.75) is 4.90 Å². The van der Waals surface area contributed by atoms with E-state index in [2.05, 4.69) is 10.5 Å². The maximum absolute atomic E-state index is 12.6. The number of hydrazone groups is 1. The molecule has 0 bridgehead atoms. The molecule has 9 nitrogen and oxygen atoms in total. The number of fused-ring (bicyclic) bond motifs is 1. The van der Waals surface area contributed by atoms with Crippen LogP contribution in [0.25, 0.3) is 10.8 Å². The summed E-state index contributed by atoms with van der Waals surface area (Å²) in [6.45, 7) is 0. The van der Waals surface area contributed by atoms with Gasteiger partial charge in [-0.25, -0.2) is 5.43 Å². The van der Waals surface area contributed by atoms with Gasteiger partial charge in [-0.3, -0.25) is 14.9 Å². The highest BCUT2D eigenvalue weighted by molar-refractivity contribution is 7.87. The van der Waals surface area contributed by atoms with Gasteiger partial charge in [0.1, 0.15) is 5.75 Å². The summed E-state index contributed by atoms with van der Waals surface area (Å²) >= 11 is 0. The highest BCUT2D eigenvalue weighted by Gasteiger charge is 2.27. The van der Waals surface area contributed by atoms with Crippen LogP contribution in [-0.2, 0) is 10.1 Å². The zero-order valence-corrected chi connectivity index (χ0v) is 18.3. The Hall–Kier alpha value is -4.57. The van der Waals surface area contributed by atoms with Crippen molar-refractivity contribution in [2.24, 2.45) is 5.10 Å². The fraction of sp³-hybridized carbons (Fsp3) is 0. The van der Waals surface area contributed by atoms with Crippen LogP contribution in [0.15, 0.2) is 101 Å². The van der Waals surface area contributed by atoms with E-state index in [1.165, 1.54) is 36.5 Å². The first-order valence-corrected chi connectivity index (χ1v) is 11.3. The van der Waals surface area contributed by atoms with Gasteiger partial charge >= 0.3 is 10.1 Å². The van der Waals surface area contributed by atoms with Gasteiger partial charge in [-0.1, -0.05) is 60.7 Å². The van der Waals surface area contributed by atoms with Crippen molar-refractivity contribution in [3.05, 3.63) is 112 Å². The Morgan fingerprint density at radius 2 is 1.65 bits per heavy atom. The molecular formula is C24H17N3O6S. The molecule has 0 fully saturated rings. The summed E-state index contributed by atoms with van der Waals surface area (Å²) in [4.78, 5) is 22.4. The molecule has 0 aliphatic heterocycles. The first-order chi connectivity index (χ1) is 16.3. The van der Waals surface area contributed by atoms with Crippen LogP contribution in [0.2, 0.25) is 0 Å². The van der Waals surface area contributed by atoms with Gasteiger partial charge in [0.25, 0.3) is 11.6 Å². The highest BCUT2D eigenvalue weighted by Crippen LogP contribution is 2.26. The molecular weight excluding hydrogens is 458 g/mol. The van der Waals surface area contributed by atoms with E-state index in [4.69, 9.17) is 4.18 Å². The van der Waals surface area contributed by atoms with Crippen LogP contribution in [0.1, 0.15) is 15.9 Å². The van der Waals surface area contributed by atoms with E-state index in [1.54, 1.807) is 18.2 Å². The summed E-state index contributed by atoms with van der Waals surface area (Å²) in [5.74, 6) is -0.470. The maximum atomic E-state index is 12.6. The molecule has 4 rings (SSSR count). The third-order valence-corrected chi connectivity index (χ3v) is 6.11. The minimum atomic E-state index is -4.45. The smallest absolute Gasteiger partial charge is 0.346 e. The van der Waals surface area contributed by atoms with E-state index in [-0.39, 0.29) is 5.75 Å². The van der Waals surface area contributed by atoms with Gasteiger partial charge in [-0.2, -0.15) is 13.5 Å². The van der Waals surface area contributed by atoms with Gasteiger partial charge in [0.2, 0.25) is 0 Å².